The van der Waals surface area contributed by atoms with Crippen LogP contribution < -0.4 is 0 Å². The van der Waals surface area contributed by atoms with Crippen LogP contribution in [0.1, 0.15) is 12.5 Å². The van der Waals surface area contributed by atoms with Crippen LogP contribution in [-0.4, -0.2) is 47.7 Å². The number of oxime groups is 1. The molecule has 0 saturated carbocycles. The van der Waals surface area contributed by atoms with Crippen LogP contribution in [0.3, 0.4) is 0 Å². The maximum Gasteiger partial charge on any atom is 0.332 e. The first-order valence-electron chi connectivity index (χ1n) is 7.73. The summed E-state index contributed by atoms with van der Waals surface area (Å²) in [6, 6.07) is 9.78. The molecule has 0 atom stereocenters. The van der Waals surface area contributed by atoms with E-state index in [1.807, 2.05) is 41.1 Å². The fourth-order valence-corrected chi connectivity index (χ4v) is 1.93. The van der Waals surface area contributed by atoms with Gasteiger partial charge in [0.05, 0.1) is 26.1 Å². The Bertz CT molecular complexity index is 627. The molecule has 7 nitrogen and oxygen atoms in total. The summed E-state index contributed by atoms with van der Waals surface area (Å²) >= 11 is 0. The van der Waals surface area contributed by atoms with Gasteiger partial charge >= 0.3 is 5.97 Å². The number of esters is 1. The number of nitrogens with zero attached hydrogens (tertiary/aromatic N) is 3. The normalized spacial score (nSPS) is 11.3. The lowest BCUT2D eigenvalue weighted by Gasteiger charge is -2.08. The number of ether oxygens (including phenoxy) is 2. The molecule has 0 spiro atoms. The van der Waals surface area contributed by atoms with Gasteiger partial charge in [0.15, 0.2) is 0 Å². The number of benzene rings is 1. The Labute approximate surface area is 140 Å². The monoisotopic (exact) mass is 331 g/mol. The van der Waals surface area contributed by atoms with Crippen LogP contribution in [0, 0.1) is 0 Å². The van der Waals surface area contributed by atoms with Crippen molar-refractivity contribution in [2.24, 2.45) is 5.16 Å². The van der Waals surface area contributed by atoms with Gasteiger partial charge in [-0.1, -0.05) is 35.5 Å². The molecule has 0 bridgehead atoms. The predicted molar refractivity (Wildman–Crippen MR) is 88.6 cm³/mol. The van der Waals surface area contributed by atoms with Gasteiger partial charge in [-0.05, 0) is 6.92 Å². The van der Waals surface area contributed by atoms with Crippen LogP contribution in [-0.2, 0) is 25.7 Å². The van der Waals surface area contributed by atoms with Gasteiger partial charge in [0.1, 0.15) is 18.9 Å². The maximum absolute atomic E-state index is 11.1. The molecule has 24 heavy (non-hydrogen) atoms. The Kier molecular flexibility index (Phi) is 7.49. The van der Waals surface area contributed by atoms with Crippen molar-refractivity contribution >= 4 is 11.7 Å². The molecule has 0 fully saturated rings. The predicted octanol–water partition coefficient (Wildman–Crippen LogP) is 1.88. The first-order chi connectivity index (χ1) is 11.8. The second kappa shape index (κ2) is 10.2. The van der Waals surface area contributed by atoms with E-state index in [0.717, 1.165) is 11.3 Å². The lowest BCUT2D eigenvalue weighted by atomic mass is 10.1. The fraction of sp³-hybridized carbons (Fsp3) is 0.353. The minimum Gasteiger partial charge on any atom is -0.464 e. The third-order valence-corrected chi connectivity index (χ3v) is 3.02. The van der Waals surface area contributed by atoms with E-state index in [-0.39, 0.29) is 25.8 Å². The molecule has 0 aliphatic heterocycles. The van der Waals surface area contributed by atoms with Crippen molar-refractivity contribution in [2.45, 2.75) is 13.5 Å². The number of hydrogen-bond acceptors (Lipinski definition) is 6. The topological polar surface area (TPSA) is 74.9 Å². The van der Waals surface area contributed by atoms with Gasteiger partial charge in [0.25, 0.3) is 0 Å². The van der Waals surface area contributed by atoms with E-state index in [2.05, 4.69) is 10.1 Å². The molecule has 0 N–H and O–H groups in total. The number of carbonyl (C=O) groups excluding carboxylic acids is 1. The molecule has 2 aromatic rings. The maximum atomic E-state index is 11.1. The minimum absolute atomic E-state index is 0.0819. The standard InChI is InChI=1S/C17H21N3O4/c1-2-23-17(21)13-22-10-11-24-19-16(12-20-9-8-18-14-20)15-6-4-3-5-7-15/h3-9,14H,2,10-13H2,1H3. The SMILES string of the molecule is CCOC(=O)COCCON=C(Cn1ccnc1)c1ccccc1. The van der Waals surface area contributed by atoms with Crippen molar-refractivity contribution in [3.05, 3.63) is 54.6 Å². The first kappa shape index (κ1) is 17.7. The van der Waals surface area contributed by atoms with Crippen molar-refractivity contribution in [3.63, 3.8) is 0 Å². The smallest absolute Gasteiger partial charge is 0.332 e. The zero-order valence-electron chi connectivity index (χ0n) is 13.6. The third kappa shape index (κ3) is 6.21. The summed E-state index contributed by atoms with van der Waals surface area (Å²) in [4.78, 5) is 20.5. The Hall–Kier alpha value is -2.67. The second-order valence-electron chi connectivity index (χ2n) is 4.83. The molecule has 0 amide bonds. The van der Waals surface area contributed by atoms with Gasteiger partial charge < -0.3 is 18.9 Å². The molecule has 0 aliphatic carbocycles. The number of imidazole rings is 1. The Morgan fingerprint density at radius 3 is 2.79 bits per heavy atom. The highest BCUT2D eigenvalue weighted by molar-refractivity contribution is 6.00. The average Bonchev–Trinajstić information content (AvgIpc) is 3.11. The molecule has 0 aliphatic rings. The van der Waals surface area contributed by atoms with E-state index < -0.39 is 0 Å². The van der Waals surface area contributed by atoms with Gasteiger partial charge in [-0.3, -0.25) is 0 Å². The van der Waals surface area contributed by atoms with Crippen molar-refractivity contribution in [3.8, 4) is 0 Å². The summed E-state index contributed by atoms with van der Waals surface area (Å²) in [6.45, 7) is 3.07. The molecule has 0 saturated heterocycles. The van der Waals surface area contributed by atoms with E-state index in [0.29, 0.717) is 13.2 Å². The van der Waals surface area contributed by atoms with Gasteiger partial charge in [0.2, 0.25) is 0 Å². The molecule has 7 heteroatoms. The molecule has 2 rings (SSSR count). The Balaban J connectivity index is 1.83. The van der Waals surface area contributed by atoms with Crippen molar-refractivity contribution in [1.82, 2.24) is 9.55 Å². The van der Waals surface area contributed by atoms with Crippen molar-refractivity contribution < 1.29 is 19.1 Å². The molecular formula is C17H21N3O4. The zero-order valence-corrected chi connectivity index (χ0v) is 13.6. The minimum atomic E-state index is -0.383. The van der Waals surface area contributed by atoms with E-state index in [1.165, 1.54) is 0 Å². The van der Waals surface area contributed by atoms with Crippen LogP contribution in [0.2, 0.25) is 0 Å². The molecular weight excluding hydrogens is 310 g/mol. The molecule has 128 valence electrons. The third-order valence-electron chi connectivity index (χ3n) is 3.02. The average molecular weight is 331 g/mol. The molecule has 1 heterocycles. The lowest BCUT2D eigenvalue weighted by molar-refractivity contribution is -0.148. The van der Waals surface area contributed by atoms with Crippen LogP contribution in [0.25, 0.3) is 0 Å². The summed E-state index contributed by atoms with van der Waals surface area (Å²) in [6.07, 6.45) is 5.30. The Morgan fingerprint density at radius 2 is 2.08 bits per heavy atom. The summed E-state index contributed by atoms with van der Waals surface area (Å²) in [5.41, 5.74) is 1.75. The molecule has 0 radical (unpaired) electrons. The molecule has 0 unspecified atom stereocenters. The van der Waals surface area contributed by atoms with E-state index in [4.69, 9.17) is 14.3 Å². The highest BCUT2D eigenvalue weighted by Crippen LogP contribution is 2.04. The summed E-state index contributed by atoms with van der Waals surface area (Å²) in [5.74, 6) is -0.383. The van der Waals surface area contributed by atoms with E-state index in [1.54, 1.807) is 19.4 Å². The van der Waals surface area contributed by atoms with E-state index in [9.17, 15) is 4.79 Å². The number of hydrogen-bond donors (Lipinski definition) is 0. The zero-order chi connectivity index (χ0) is 17.0. The van der Waals surface area contributed by atoms with Gasteiger partial charge in [0, 0.05) is 18.0 Å². The van der Waals surface area contributed by atoms with Gasteiger partial charge in [-0.2, -0.15) is 0 Å². The lowest BCUT2D eigenvalue weighted by Crippen LogP contribution is -2.15. The van der Waals surface area contributed by atoms with Gasteiger partial charge in [-0.25, -0.2) is 9.78 Å². The van der Waals surface area contributed by atoms with Crippen molar-refractivity contribution in [1.29, 1.82) is 0 Å². The van der Waals surface area contributed by atoms with E-state index >= 15 is 0 Å². The summed E-state index contributed by atoms with van der Waals surface area (Å²) in [5, 5.41) is 4.19. The molecule has 1 aromatic carbocycles. The van der Waals surface area contributed by atoms with Gasteiger partial charge in [-0.15, -0.1) is 0 Å². The molecule has 1 aromatic heterocycles. The van der Waals surface area contributed by atoms with Crippen molar-refractivity contribution in [2.75, 3.05) is 26.4 Å². The number of carbonyl (C=O) groups is 1. The van der Waals surface area contributed by atoms with Crippen LogP contribution in [0.15, 0.2) is 54.2 Å². The summed E-state index contributed by atoms with van der Waals surface area (Å²) in [7, 11) is 0. The Morgan fingerprint density at radius 1 is 1.25 bits per heavy atom. The quantitative estimate of drug-likeness (QED) is 0.288. The van der Waals surface area contributed by atoms with Crippen LogP contribution in [0.5, 0.6) is 0 Å². The largest absolute Gasteiger partial charge is 0.464 e. The second-order valence-corrected chi connectivity index (χ2v) is 4.83. The van der Waals surface area contributed by atoms with Crippen LogP contribution >= 0.6 is 0 Å². The fourth-order valence-electron chi connectivity index (χ4n) is 1.93. The highest BCUT2D eigenvalue weighted by atomic mass is 16.6. The number of rotatable bonds is 10. The first-order valence-corrected chi connectivity index (χ1v) is 7.73. The van der Waals surface area contributed by atoms with Crippen LogP contribution in [0.4, 0.5) is 0 Å². The summed E-state index contributed by atoms with van der Waals surface area (Å²) < 4.78 is 11.8. The number of aromatic nitrogens is 2. The highest BCUT2D eigenvalue weighted by Gasteiger charge is 2.06.